The van der Waals surface area contributed by atoms with E-state index >= 15 is 0 Å². The van der Waals surface area contributed by atoms with Crippen LogP contribution in [0.1, 0.15) is 30.0 Å². The molecular weight excluding hydrogens is 180 g/mol. The lowest BCUT2D eigenvalue weighted by Gasteiger charge is -2.04. The topological polar surface area (TPSA) is 20.2 Å². The summed E-state index contributed by atoms with van der Waals surface area (Å²) in [5.74, 6) is 0.437. The minimum absolute atomic E-state index is 0.312. The van der Waals surface area contributed by atoms with E-state index in [1.807, 2.05) is 11.3 Å². The normalized spacial score (nSPS) is 13.2. The van der Waals surface area contributed by atoms with Crippen LogP contribution in [0.3, 0.4) is 0 Å². The average Bonchev–Trinajstić information content (AvgIpc) is 2.61. The summed E-state index contributed by atoms with van der Waals surface area (Å²) in [6.45, 7) is 4.59. The van der Waals surface area contributed by atoms with Gasteiger partial charge in [-0.05, 0) is 37.3 Å². The van der Waals surface area contributed by atoms with Crippen LogP contribution in [-0.4, -0.2) is 11.7 Å². The molecule has 2 heteroatoms. The molecule has 1 atom stereocenters. The van der Waals surface area contributed by atoms with Gasteiger partial charge in [0.1, 0.15) is 0 Å². The fraction of sp³-hybridized carbons (Fsp3) is 0.636. The molecule has 0 aliphatic rings. The second-order valence-corrected chi connectivity index (χ2v) is 4.80. The Morgan fingerprint density at radius 2 is 2.08 bits per heavy atom. The van der Waals surface area contributed by atoms with Gasteiger partial charge >= 0.3 is 0 Å². The van der Waals surface area contributed by atoms with Crippen LogP contribution in [0.25, 0.3) is 0 Å². The van der Waals surface area contributed by atoms with Crippen molar-refractivity contribution in [3.05, 3.63) is 21.9 Å². The van der Waals surface area contributed by atoms with Crippen LogP contribution < -0.4 is 0 Å². The minimum Gasteiger partial charge on any atom is -0.396 e. The fourth-order valence-electron chi connectivity index (χ4n) is 1.23. The van der Waals surface area contributed by atoms with E-state index in [1.165, 1.54) is 9.75 Å². The van der Waals surface area contributed by atoms with Crippen molar-refractivity contribution < 1.29 is 5.11 Å². The number of hydrogen-bond donors (Lipinski definition) is 1. The predicted octanol–water partition coefficient (Wildman–Crippen LogP) is 2.87. The zero-order valence-corrected chi connectivity index (χ0v) is 9.23. The lowest BCUT2D eigenvalue weighted by Crippen LogP contribution is -2.01. The van der Waals surface area contributed by atoms with E-state index in [1.54, 1.807) is 0 Å². The van der Waals surface area contributed by atoms with Gasteiger partial charge in [-0.25, -0.2) is 0 Å². The highest BCUT2D eigenvalue weighted by atomic mass is 32.1. The van der Waals surface area contributed by atoms with Crippen LogP contribution in [0.2, 0.25) is 0 Å². The number of aryl methyl sites for hydroxylation is 2. The number of hydrogen-bond acceptors (Lipinski definition) is 2. The third-order valence-corrected chi connectivity index (χ3v) is 3.55. The third-order valence-electron chi connectivity index (χ3n) is 2.26. The summed E-state index contributed by atoms with van der Waals surface area (Å²) in [5, 5.41) is 8.87. The molecule has 1 aromatic rings. The second kappa shape index (κ2) is 5.40. The first-order valence-electron chi connectivity index (χ1n) is 4.94. The molecule has 0 saturated heterocycles. The third kappa shape index (κ3) is 3.49. The Hall–Kier alpha value is -0.340. The Morgan fingerprint density at radius 1 is 1.38 bits per heavy atom. The molecule has 0 aliphatic carbocycles. The van der Waals surface area contributed by atoms with Gasteiger partial charge < -0.3 is 5.11 Å². The molecular formula is C11H18OS. The molecule has 1 nitrogen and oxygen atoms in total. The maximum atomic E-state index is 8.87. The molecule has 13 heavy (non-hydrogen) atoms. The summed E-state index contributed by atoms with van der Waals surface area (Å²) in [6, 6.07) is 4.43. The highest BCUT2D eigenvalue weighted by Gasteiger charge is 2.02. The molecule has 0 saturated carbocycles. The lowest BCUT2D eigenvalue weighted by atomic mass is 10.1. The Bertz CT molecular complexity index is 242. The molecule has 1 unspecified atom stereocenters. The van der Waals surface area contributed by atoms with Crippen LogP contribution in [-0.2, 0) is 12.8 Å². The number of thiophene rings is 1. The molecule has 0 amide bonds. The van der Waals surface area contributed by atoms with Gasteiger partial charge in [0.15, 0.2) is 0 Å². The van der Waals surface area contributed by atoms with E-state index in [0.29, 0.717) is 12.5 Å². The van der Waals surface area contributed by atoms with Crippen LogP contribution in [0.15, 0.2) is 12.1 Å². The van der Waals surface area contributed by atoms with E-state index in [9.17, 15) is 0 Å². The highest BCUT2D eigenvalue weighted by Crippen LogP contribution is 2.19. The van der Waals surface area contributed by atoms with E-state index in [-0.39, 0.29) is 0 Å². The fourth-order valence-corrected chi connectivity index (χ4v) is 2.20. The minimum atomic E-state index is 0.312. The van der Waals surface area contributed by atoms with Crippen LogP contribution in [0.4, 0.5) is 0 Å². The van der Waals surface area contributed by atoms with Gasteiger partial charge in [0.25, 0.3) is 0 Å². The van der Waals surface area contributed by atoms with Gasteiger partial charge in [0, 0.05) is 16.4 Å². The Morgan fingerprint density at radius 3 is 2.62 bits per heavy atom. The quantitative estimate of drug-likeness (QED) is 0.771. The smallest absolute Gasteiger partial charge is 0.0456 e. The molecule has 0 spiro atoms. The zero-order valence-electron chi connectivity index (χ0n) is 8.42. The first kappa shape index (κ1) is 10.7. The molecule has 0 fully saturated rings. The maximum absolute atomic E-state index is 8.87. The summed E-state index contributed by atoms with van der Waals surface area (Å²) in [4.78, 5) is 2.92. The maximum Gasteiger partial charge on any atom is 0.0456 e. The lowest BCUT2D eigenvalue weighted by molar-refractivity contribution is 0.231. The molecule has 74 valence electrons. The van der Waals surface area contributed by atoms with Gasteiger partial charge in [-0.15, -0.1) is 11.3 Å². The Balaban J connectivity index is 2.36. The summed E-state index contributed by atoms with van der Waals surface area (Å²) in [7, 11) is 0. The summed E-state index contributed by atoms with van der Waals surface area (Å²) >= 11 is 1.90. The van der Waals surface area contributed by atoms with Crippen molar-refractivity contribution in [2.75, 3.05) is 6.61 Å². The molecule has 0 radical (unpaired) electrons. The van der Waals surface area contributed by atoms with Crippen LogP contribution in [0, 0.1) is 5.92 Å². The van der Waals surface area contributed by atoms with Crippen molar-refractivity contribution >= 4 is 11.3 Å². The van der Waals surface area contributed by atoms with Crippen LogP contribution in [0.5, 0.6) is 0 Å². The summed E-state index contributed by atoms with van der Waals surface area (Å²) < 4.78 is 0. The van der Waals surface area contributed by atoms with Gasteiger partial charge in [0.2, 0.25) is 0 Å². The Kier molecular flexibility index (Phi) is 4.46. The van der Waals surface area contributed by atoms with Gasteiger partial charge in [-0.1, -0.05) is 13.8 Å². The molecule has 0 aliphatic heterocycles. The van der Waals surface area contributed by atoms with Crippen molar-refractivity contribution in [2.24, 2.45) is 5.92 Å². The van der Waals surface area contributed by atoms with Crippen molar-refractivity contribution in [3.63, 3.8) is 0 Å². The molecule has 1 N–H and O–H groups in total. The summed E-state index contributed by atoms with van der Waals surface area (Å²) in [5.41, 5.74) is 0. The van der Waals surface area contributed by atoms with Crippen molar-refractivity contribution in [1.82, 2.24) is 0 Å². The second-order valence-electron chi connectivity index (χ2n) is 3.55. The predicted molar refractivity (Wildman–Crippen MR) is 58.3 cm³/mol. The standard InChI is InChI=1S/C11H18OS/c1-3-10-6-7-11(13-10)5-4-9(2)8-12/h6-7,9,12H,3-5,8H2,1-2H3. The van der Waals surface area contributed by atoms with E-state index in [4.69, 9.17) is 5.11 Å². The molecule has 1 rings (SSSR count). The summed E-state index contributed by atoms with van der Waals surface area (Å²) in [6.07, 6.45) is 3.35. The van der Waals surface area contributed by atoms with Crippen molar-refractivity contribution in [2.45, 2.75) is 33.1 Å². The van der Waals surface area contributed by atoms with Gasteiger partial charge in [0.05, 0.1) is 0 Å². The highest BCUT2D eigenvalue weighted by molar-refractivity contribution is 7.11. The first-order valence-corrected chi connectivity index (χ1v) is 5.76. The van der Waals surface area contributed by atoms with Crippen LogP contribution >= 0.6 is 11.3 Å². The number of aliphatic hydroxyl groups excluding tert-OH is 1. The molecule has 1 heterocycles. The Labute approximate surface area is 84.4 Å². The van der Waals surface area contributed by atoms with E-state index < -0.39 is 0 Å². The molecule has 0 aromatic carbocycles. The zero-order chi connectivity index (χ0) is 9.68. The average molecular weight is 198 g/mol. The monoisotopic (exact) mass is 198 g/mol. The van der Waals surface area contributed by atoms with Gasteiger partial charge in [-0.2, -0.15) is 0 Å². The van der Waals surface area contributed by atoms with E-state index in [0.717, 1.165) is 19.3 Å². The van der Waals surface area contributed by atoms with Crippen molar-refractivity contribution in [3.8, 4) is 0 Å². The SMILES string of the molecule is CCc1ccc(CCC(C)CO)s1. The largest absolute Gasteiger partial charge is 0.396 e. The number of aliphatic hydroxyl groups is 1. The van der Waals surface area contributed by atoms with Gasteiger partial charge in [-0.3, -0.25) is 0 Å². The van der Waals surface area contributed by atoms with Crippen molar-refractivity contribution in [1.29, 1.82) is 0 Å². The molecule has 0 bridgehead atoms. The number of rotatable bonds is 5. The van der Waals surface area contributed by atoms with E-state index in [2.05, 4.69) is 26.0 Å². The first-order chi connectivity index (χ1) is 6.26. The molecule has 1 aromatic heterocycles.